The van der Waals surface area contributed by atoms with Gasteiger partial charge in [0.1, 0.15) is 11.0 Å². The summed E-state index contributed by atoms with van der Waals surface area (Å²) in [7, 11) is 0. The third-order valence-electron chi connectivity index (χ3n) is 1.97. The van der Waals surface area contributed by atoms with Crippen molar-refractivity contribution in [2.24, 2.45) is 5.73 Å². The lowest BCUT2D eigenvalue weighted by Gasteiger charge is -2.09. The Labute approximate surface area is 112 Å². The first-order valence-electron chi connectivity index (χ1n) is 5.02. The fourth-order valence-corrected chi connectivity index (χ4v) is 1.62. The Morgan fingerprint density at radius 2 is 2.33 bits per heavy atom. The second kappa shape index (κ2) is 6.66. The van der Waals surface area contributed by atoms with E-state index in [4.69, 9.17) is 12.2 Å². The highest BCUT2D eigenvalue weighted by Crippen LogP contribution is 2.15. The predicted molar refractivity (Wildman–Crippen MR) is 71.1 cm³/mol. The zero-order valence-electron chi connectivity index (χ0n) is 9.44. The number of rotatable bonds is 5. The van der Waals surface area contributed by atoms with Gasteiger partial charge in [0.25, 0.3) is 5.56 Å². The predicted octanol–water partition coefficient (Wildman–Crippen LogP) is -0.281. The van der Waals surface area contributed by atoms with E-state index >= 15 is 0 Å². The Morgan fingerprint density at radius 3 is 2.94 bits per heavy atom. The molecule has 1 aromatic rings. The third-order valence-corrected chi connectivity index (χ3v) is 2.73. The van der Waals surface area contributed by atoms with Crippen LogP contribution in [0.15, 0.2) is 15.5 Å². The number of nitrogens with two attached hydrogens (primary N) is 1. The summed E-state index contributed by atoms with van der Waals surface area (Å²) < 4.78 is 1.50. The van der Waals surface area contributed by atoms with Gasteiger partial charge >= 0.3 is 6.03 Å². The van der Waals surface area contributed by atoms with E-state index in [0.29, 0.717) is 23.2 Å². The molecule has 8 heteroatoms. The molecule has 0 fully saturated rings. The fourth-order valence-electron chi connectivity index (χ4n) is 1.17. The number of halogens is 1. The van der Waals surface area contributed by atoms with Crippen molar-refractivity contribution in [2.75, 3.05) is 18.4 Å². The lowest BCUT2D eigenvalue weighted by Crippen LogP contribution is -2.33. The van der Waals surface area contributed by atoms with E-state index in [-0.39, 0.29) is 12.1 Å². The van der Waals surface area contributed by atoms with Gasteiger partial charge < -0.3 is 16.4 Å². The molecular formula is C10H12BrN5O2. The number of amides is 2. The molecule has 7 nitrogen and oxygen atoms in total. The molecule has 1 aromatic heterocycles. The Balaban J connectivity index is 2.68. The van der Waals surface area contributed by atoms with Gasteiger partial charge in [0.05, 0.1) is 11.9 Å². The molecular weight excluding hydrogens is 302 g/mol. The Morgan fingerprint density at radius 1 is 1.61 bits per heavy atom. The second-order valence-electron chi connectivity index (χ2n) is 3.26. The molecule has 18 heavy (non-hydrogen) atoms. The molecule has 0 radical (unpaired) electrons. The van der Waals surface area contributed by atoms with Gasteiger partial charge in [0.15, 0.2) is 0 Å². The topological polar surface area (TPSA) is 102 Å². The van der Waals surface area contributed by atoms with Crippen molar-refractivity contribution in [3.8, 4) is 12.3 Å². The molecule has 0 saturated heterocycles. The highest BCUT2D eigenvalue weighted by Gasteiger charge is 2.07. The van der Waals surface area contributed by atoms with E-state index in [0.717, 1.165) is 4.68 Å². The van der Waals surface area contributed by atoms with Crippen molar-refractivity contribution in [3.63, 3.8) is 0 Å². The first-order valence-corrected chi connectivity index (χ1v) is 5.81. The minimum Gasteiger partial charge on any atom is -0.381 e. The second-order valence-corrected chi connectivity index (χ2v) is 4.05. The Kier molecular flexibility index (Phi) is 5.20. The number of urea groups is 1. The molecule has 1 heterocycles. The summed E-state index contributed by atoms with van der Waals surface area (Å²) in [4.78, 5) is 22.2. The Bertz CT molecular complexity index is 534. The zero-order valence-corrected chi connectivity index (χ0v) is 11.0. The molecule has 4 N–H and O–H groups in total. The van der Waals surface area contributed by atoms with Gasteiger partial charge in [-0.3, -0.25) is 4.79 Å². The summed E-state index contributed by atoms with van der Waals surface area (Å²) in [5.74, 6) is 2.33. The quantitative estimate of drug-likeness (QED) is 0.514. The van der Waals surface area contributed by atoms with Crippen LogP contribution in [0.4, 0.5) is 10.5 Å². The number of carbonyl (C=O) groups excluding carboxylic acids is 1. The molecule has 2 amide bonds. The molecule has 1 rings (SSSR count). The van der Waals surface area contributed by atoms with Crippen molar-refractivity contribution in [1.29, 1.82) is 0 Å². The maximum atomic E-state index is 11.7. The average molecular weight is 314 g/mol. The smallest absolute Gasteiger partial charge is 0.312 e. The lowest BCUT2D eigenvalue weighted by molar-refractivity contribution is 0.249. The molecule has 0 unspecified atom stereocenters. The van der Waals surface area contributed by atoms with Crippen LogP contribution in [0.25, 0.3) is 0 Å². The van der Waals surface area contributed by atoms with Gasteiger partial charge in [0.2, 0.25) is 0 Å². The Hall–Kier alpha value is -2.01. The van der Waals surface area contributed by atoms with E-state index in [9.17, 15) is 9.59 Å². The van der Waals surface area contributed by atoms with E-state index in [2.05, 4.69) is 37.6 Å². The number of nitrogens with one attached hydrogen (secondary N) is 2. The SMILES string of the molecule is C#CCn1ncc(NCCNC(N)=O)c(Br)c1=O. The number of hydrogen-bond donors (Lipinski definition) is 3. The molecule has 0 saturated carbocycles. The fraction of sp³-hybridized carbons (Fsp3) is 0.300. The molecule has 0 spiro atoms. The van der Waals surface area contributed by atoms with Crippen LogP contribution < -0.4 is 21.9 Å². The van der Waals surface area contributed by atoms with Crippen LogP contribution in [0, 0.1) is 12.3 Å². The van der Waals surface area contributed by atoms with Crippen LogP contribution in [0.2, 0.25) is 0 Å². The summed E-state index contributed by atoms with van der Waals surface area (Å²) in [6.45, 7) is 0.873. The van der Waals surface area contributed by atoms with Crippen molar-refractivity contribution >= 4 is 27.6 Å². The number of aromatic nitrogens is 2. The van der Waals surface area contributed by atoms with Crippen LogP contribution in [-0.2, 0) is 6.54 Å². The number of nitrogens with zero attached hydrogens (tertiary/aromatic N) is 2. The average Bonchev–Trinajstić information content (AvgIpc) is 2.33. The molecule has 0 aromatic carbocycles. The minimum absolute atomic E-state index is 0.112. The van der Waals surface area contributed by atoms with Gasteiger partial charge in [0, 0.05) is 13.1 Å². The van der Waals surface area contributed by atoms with Gasteiger partial charge in [-0.15, -0.1) is 6.42 Å². The summed E-state index contributed by atoms with van der Waals surface area (Å²) in [5.41, 5.74) is 5.12. The number of hydrogen-bond acceptors (Lipinski definition) is 4. The summed E-state index contributed by atoms with van der Waals surface area (Å²) in [6.07, 6.45) is 6.59. The maximum Gasteiger partial charge on any atom is 0.312 e. The first-order chi connectivity index (χ1) is 8.56. The molecule has 0 aliphatic heterocycles. The van der Waals surface area contributed by atoms with Crippen LogP contribution in [0.5, 0.6) is 0 Å². The first kappa shape index (κ1) is 14.1. The highest BCUT2D eigenvalue weighted by molar-refractivity contribution is 9.10. The van der Waals surface area contributed by atoms with E-state index in [1.165, 1.54) is 6.20 Å². The standard InChI is InChI=1S/C10H12BrN5O2/c1-2-5-16-9(17)8(11)7(6-15-16)13-3-4-14-10(12)18/h1,6,13H,3-5H2,(H3,12,14,18). The number of terminal acetylenes is 1. The summed E-state index contributed by atoms with van der Waals surface area (Å²) >= 11 is 3.17. The zero-order chi connectivity index (χ0) is 13.5. The van der Waals surface area contributed by atoms with Crippen molar-refractivity contribution in [3.05, 3.63) is 21.0 Å². The monoisotopic (exact) mass is 313 g/mol. The van der Waals surface area contributed by atoms with Crippen LogP contribution in [0.1, 0.15) is 0 Å². The maximum absolute atomic E-state index is 11.7. The normalized spacial score (nSPS) is 9.56. The van der Waals surface area contributed by atoms with E-state index < -0.39 is 6.03 Å². The molecule has 0 bridgehead atoms. The molecule has 0 atom stereocenters. The lowest BCUT2D eigenvalue weighted by atomic mass is 10.4. The van der Waals surface area contributed by atoms with Crippen LogP contribution in [-0.4, -0.2) is 28.9 Å². The van der Waals surface area contributed by atoms with Crippen molar-refractivity contribution in [1.82, 2.24) is 15.1 Å². The van der Waals surface area contributed by atoms with Gasteiger partial charge in [-0.25, -0.2) is 9.48 Å². The molecule has 96 valence electrons. The minimum atomic E-state index is -0.599. The number of anilines is 1. The molecule has 0 aliphatic rings. The van der Waals surface area contributed by atoms with Crippen LogP contribution in [0.3, 0.4) is 0 Å². The largest absolute Gasteiger partial charge is 0.381 e. The third kappa shape index (κ3) is 3.78. The van der Waals surface area contributed by atoms with Crippen molar-refractivity contribution in [2.45, 2.75) is 6.54 Å². The van der Waals surface area contributed by atoms with Gasteiger partial charge in [-0.05, 0) is 15.9 Å². The van der Waals surface area contributed by atoms with Crippen LogP contribution >= 0.6 is 15.9 Å². The number of carbonyl (C=O) groups is 1. The van der Waals surface area contributed by atoms with Gasteiger partial charge in [-0.1, -0.05) is 5.92 Å². The van der Waals surface area contributed by atoms with Gasteiger partial charge in [-0.2, -0.15) is 5.10 Å². The summed E-state index contributed by atoms with van der Waals surface area (Å²) in [5, 5.41) is 9.25. The van der Waals surface area contributed by atoms with E-state index in [1.54, 1.807) is 0 Å². The van der Waals surface area contributed by atoms with E-state index in [1.807, 2.05) is 0 Å². The number of primary amides is 1. The molecule has 0 aliphatic carbocycles. The summed E-state index contributed by atoms with van der Waals surface area (Å²) in [6, 6.07) is -0.599. The van der Waals surface area contributed by atoms with Crippen molar-refractivity contribution < 1.29 is 4.79 Å². The highest BCUT2D eigenvalue weighted by atomic mass is 79.9.